The second kappa shape index (κ2) is 7.12. The van der Waals surface area contributed by atoms with Crippen LogP contribution in [0.3, 0.4) is 0 Å². The van der Waals surface area contributed by atoms with E-state index >= 15 is 0 Å². The van der Waals surface area contributed by atoms with Crippen molar-refractivity contribution in [1.29, 1.82) is 0 Å². The minimum atomic E-state index is 0.410. The molecule has 2 rings (SSSR count). The molecule has 1 unspecified atom stereocenters. The van der Waals surface area contributed by atoms with Crippen LogP contribution in [0.5, 0.6) is 5.75 Å². The number of ether oxygens (including phenoxy) is 1. The fourth-order valence-corrected chi connectivity index (χ4v) is 3.51. The standard InChI is InChI=1S/C18H29NO/c1-13-10-11-16(18(20-4)14(13)2)17(19-3)12-15-8-6-5-7-9-15/h10-11,15,17,19H,5-9,12H2,1-4H3. The Balaban J connectivity index is 2.20. The highest BCUT2D eigenvalue weighted by atomic mass is 16.5. The number of aryl methyl sites for hydroxylation is 1. The van der Waals surface area contributed by atoms with Crippen LogP contribution in [0.2, 0.25) is 0 Å². The van der Waals surface area contributed by atoms with Crippen LogP contribution in [-0.4, -0.2) is 14.2 Å². The first-order valence-corrected chi connectivity index (χ1v) is 7.98. The topological polar surface area (TPSA) is 21.3 Å². The summed E-state index contributed by atoms with van der Waals surface area (Å²) in [5.74, 6) is 1.94. The van der Waals surface area contributed by atoms with Gasteiger partial charge in [-0.05, 0) is 44.4 Å². The summed E-state index contributed by atoms with van der Waals surface area (Å²) < 4.78 is 5.69. The van der Waals surface area contributed by atoms with E-state index in [4.69, 9.17) is 4.74 Å². The maximum absolute atomic E-state index is 5.69. The van der Waals surface area contributed by atoms with Gasteiger partial charge in [0.2, 0.25) is 0 Å². The Labute approximate surface area is 123 Å². The van der Waals surface area contributed by atoms with Gasteiger partial charge < -0.3 is 10.1 Å². The molecule has 0 amide bonds. The molecule has 0 spiro atoms. The number of hydrogen-bond acceptors (Lipinski definition) is 2. The van der Waals surface area contributed by atoms with Crippen molar-refractivity contribution >= 4 is 0 Å². The summed E-state index contributed by atoms with van der Waals surface area (Å²) >= 11 is 0. The molecule has 1 aromatic carbocycles. The fourth-order valence-electron chi connectivity index (χ4n) is 3.51. The number of rotatable bonds is 5. The van der Waals surface area contributed by atoms with Crippen molar-refractivity contribution in [1.82, 2.24) is 5.32 Å². The SMILES string of the molecule is CNC(CC1CCCCC1)c1ccc(C)c(C)c1OC. The van der Waals surface area contributed by atoms with E-state index in [1.54, 1.807) is 7.11 Å². The minimum Gasteiger partial charge on any atom is -0.496 e. The molecule has 1 N–H and O–H groups in total. The summed E-state index contributed by atoms with van der Waals surface area (Å²) in [6.45, 7) is 4.31. The average molecular weight is 275 g/mol. The maximum Gasteiger partial charge on any atom is 0.126 e. The van der Waals surface area contributed by atoms with E-state index < -0.39 is 0 Å². The third-order valence-electron chi connectivity index (χ3n) is 4.93. The number of hydrogen-bond donors (Lipinski definition) is 1. The Morgan fingerprint density at radius 2 is 1.90 bits per heavy atom. The highest BCUT2D eigenvalue weighted by molar-refractivity contribution is 5.46. The van der Waals surface area contributed by atoms with E-state index in [1.807, 2.05) is 0 Å². The zero-order valence-corrected chi connectivity index (χ0v) is 13.5. The Kier molecular flexibility index (Phi) is 5.47. The predicted molar refractivity (Wildman–Crippen MR) is 85.5 cm³/mol. The lowest BCUT2D eigenvalue weighted by Gasteiger charge is -2.28. The van der Waals surface area contributed by atoms with Crippen molar-refractivity contribution in [2.75, 3.05) is 14.2 Å². The van der Waals surface area contributed by atoms with Crippen molar-refractivity contribution in [3.05, 3.63) is 28.8 Å². The molecule has 0 saturated heterocycles. The lowest BCUT2D eigenvalue weighted by atomic mass is 9.83. The summed E-state index contributed by atoms with van der Waals surface area (Å²) in [6.07, 6.45) is 8.26. The third kappa shape index (κ3) is 3.35. The summed E-state index contributed by atoms with van der Waals surface area (Å²) in [6, 6.07) is 4.87. The molecular weight excluding hydrogens is 246 g/mol. The van der Waals surface area contributed by atoms with E-state index in [0.29, 0.717) is 6.04 Å². The third-order valence-corrected chi connectivity index (χ3v) is 4.93. The normalized spacial score (nSPS) is 18.0. The van der Waals surface area contributed by atoms with Gasteiger partial charge in [-0.1, -0.05) is 44.2 Å². The molecule has 2 heteroatoms. The van der Waals surface area contributed by atoms with Crippen LogP contribution < -0.4 is 10.1 Å². The van der Waals surface area contributed by atoms with Crippen molar-refractivity contribution in [2.45, 2.75) is 58.4 Å². The molecule has 0 radical (unpaired) electrons. The summed E-state index contributed by atoms with van der Waals surface area (Å²) in [5, 5.41) is 3.51. The summed E-state index contributed by atoms with van der Waals surface area (Å²) in [5.41, 5.74) is 3.90. The molecule has 0 aromatic heterocycles. The Bertz CT molecular complexity index is 435. The van der Waals surface area contributed by atoms with Crippen molar-refractivity contribution in [3.63, 3.8) is 0 Å². The van der Waals surface area contributed by atoms with Gasteiger partial charge >= 0.3 is 0 Å². The monoisotopic (exact) mass is 275 g/mol. The largest absolute Gasteiger partial charge is 0.496 e. The molecule has 1 fully saturated rings. The highest BCUT2D eigenvalue weighted by Gasteiger charge is 2.22. The molecule has 2 nitrogen and oxygen atoms in total. The second-order valence-electron chi connectivity index (χ2n) is 6.21. The van der Waals surface area contributed by atoms with Gasteiger partial charge in [0.25, 0.3) is 0 Å². The van der Waals surface area contributed by atoms with Crippen LogP contribution in [-0.2, 0) is 0 Å². The Hall–Kier alpha value is -1.02. The van der Waals surface area contributed by atoms with E-state index in [9.17, 15) is 0 Å². The minimum absolute atomic E-state index is 0.410. The number of benzene rings is 1. The molecule has 0 heterocycles. The molecule has 20 heavy (non-hydrogen) atoms. The van der Waals surface area contributed by atoms with Crippen LogP contribution >= 0.6 is 0 Å². The summed E-state index contributed by atoms with van der Waals surface area (Å²) in [4.78, 5) is 0. The zero-order valence-electron chi connectivity index (χ0n) is 13.5. The van der Waals surface area contributed by atoms with Gasteiger partial charge in [-0.2, -0.15) is 0 Å². The Morgan fingerprint density at radius 1 is 1.20 bits per heavy atom. The molecule has 0 bridgehead atoms. The number of methoxy groups -OCH3 is 1. The molecule has 0 aliphatic heterocycles. The van der Waals surface area contributed by atoms with Crippen LogP contribution in [0.25, 0.3) is 0 Å². The van der Waals surface area contributed by atoms with Gasteiger partial charge in [0.1, 0.15) is 5.75 Å². The number of nitrogens with one attached hydrogen (secondary N) is 1. The van der Waals surface area contributed by atoms with E-state index in [-0.39, 0.29) is 0 Å². The van der Waals surface area contributed by atoms with Crippen LogP contribution in [0, 0.1) is 19.8 Å². The van der Waals surface area contributed by atoms with Crippen LogP contribution in [0.1, 0.15) is 61.3 Å². The van der Waals surface area contributed by atoms with Crippen LogP contribution in [0.15, 0.2) is 12.1 Å². The van der Waals surface area contributed by atoms with E-state index in [1.165, 1.54) is 55.2 Å². The molecule has 1 saturated carbocycles. The van der Waals surface area contributed by atoms with Gasteiger partial charge in [-0.3, -0.25) is 0 Å². The van der Waals surface area contributed by atoms with Gasteiger partial charge in [-0.15, -0.1) is 0 Å². The van der Waals surface area contributed by atoms with Gasteiger partial charge in [-0.25, -0.2) is 0 Å². The van der Waals surface area contributed by atoms with Crippen molar-refractivity contribution < 1.29 is 4.74 Å². The zero-order chi connectivity index (χ0) is 14.5. The first-order chi connectivity index (χ1) is 9.67. The molecule has 112 valence electrons. The fraction of sp³-hybridized carbons (Fsp3) is 0.667. The van der Waals surface area contributed by atoms with Crippen molar-refractivity contribution in [2.24, 2.45) is 5.92 Å². The molecule has 1 aliphatic rings. The lowest BCUT2D eigenvalue weighted by Crippen LogP contribution is -2.22. The van der Waals surface area contributed by atoms with Crippen molar-refractivity contribution in [3.8, 4) is 5.75 Å². The van der Waals surface area contributed by atoms with Gasteiger partial charge in [0.15, 0.2) is 0 Å². The average Bonchev–Trinajstić information content (AvgIpc) is 2.48. The molecular formula is C18H29NO. The first-order valence-electron chi connectivity index (χ1n) is 7.98. The summed E-state index contributed by atoms with van der Waals surface area (Å²) in [7, 11) is 3.86. The molecule has 1 atom stereocenters. The first kappa shape index (κ1) is 15.4. The van der Waals surface area contributed by atoms with Crippen LogP contribution in [0.4, 0.5) is 0 Å². The second-order valence-corrected chi connectivity index (χ2v) is 6.21. The van der Waals surface area contributed by atoms with E-state index in [0.717, 1.165) is 11.7 Å². The molecule has 1 aromatic rings. The van der Waals surface area contributed by atoms with Gasteiger partial charge in [0, 0.05) is 11.6 Å². The smallest absolute Gasteiger partial charge is 0.126 e. The van der Waals surface area contributed by atoms with Gasteiger partial charge in [0.05, 0.1) is 7.11 Å². The molecule has 1 aliphatic carbocycles. The quantitative estimate of drug-likeness (QED) is 0.851. The van der Waals surface area contributed by atoms with E-state index in [2.05, 4.69) is 38.3 Å². The maximum atomic E-state index is 5.69. The lowest BCUT2D eigenvalue weighted by molar-refractivity contribution is 0.301. The predicted octanol–water partition coefficient (Wildman–Crippen LogP) is 4.54. The highest BCUT2D eigenvalue weighted by Crippen LogP contribution is 2.36. The Morgan fingerprint density at radius 3 is 2.50 bits per heavy atom.